The summed E-state index contributed by atoms with van der Waals surface area (Å²) in [5.41, 5.74) is -2.20. The van der Waals surface area contributed by atoms with Crippen LogP contribution in [0.15, 0.2) is 5.38 Å². The molecule has 166 valence electrons. The number of rotatable bonds is 7. The van der Waals surface area contributed by atoms with Crippen molar-refractivity contribution < 1.29 is 41.2 Å². The molecule has 1 fully saturated rings. The van der Waals surface area contributed by atoms with Gasteiger partial charge in [-0.2, -0.15) is 13.5 Å². The lowest BCUT2D eigenvalue weighted by atomic mass is 9.75. The minimum atomic E-state index is -4.92. The Hall–Kier alpha value is -2.42. The molecule has 1 aromatic rings. The van der Waals surface area contributed by atoms with Gasteiger partial charge in [-0.05, 0) is 34.6 Å². The van der Waals surface area contributed by atoms with E-state index < -0.39 is 57.4 Å². The number of thiazole rings is 1. The topological polar surface area (TPSA) is 169 Å². The second-order valence-electron chi connectivity index (χ2n) is 7.96. The fourth-order valence-electron chi connectivity index (χ4n) is 2.61. The monoisotopic (exact) mass is 463 g/mol. The SMILES string of the molecule is CC(C)(C)OC(=O)Nc1nc(C(=O)C(=O)C[C@@H]2C(=O)N(OS(=O)(=O)O)C2(C)C)cs1. The minimum absolute atomic E-state index is 0.0492. The van der Waals surface area contributed by atoms with Crippen LogP contribution in [0.2, 0.25) is 0 Å². The van der Waals surface area contributed by atoms with Gasteiger partial charge in [-0.25, -0.2) is 9.78 Å². The van der Waals surface area contributed by atoms with E-state index in [-0.39, 0.29) is 10.8 Å². The number of ketones is 2. The number of β-lactam (4-membered cyclic amide) rings is 1. The highest BCUT2D eigenvalue weighted by molar-refractivity contribution is 7.80. The molecule has 0 aliphatic carbocycles. The highest BCUT2D eigenvalue weighted by atomic mass is 32.3. The smallest absolute Gasteiger partial charge is 0.418 e. The number of amides is 2. The average molecular weight is 463 g/mol. The van der Waals surface area contributed by atoms with Gasteiger partial charge in [0.25, 0.3) is 5.91 Å². The van der Waals surface area contributed by atoms with E-state index in [0.717, 1.165) is 11.3 Å². The van der Waals surface area contributed by atoms with E-state index in [1.165, 1.54) is 19.2 Å². The first-order valence-electron chi connectivity index (χ1n) is 8.55. The van der Waals surface area contributed by atoms with E-state index in [1.807, 2.05) is 0 Å². The van der Waals surface area contributed by atoms with Crippen molar-refractivity contribution in [2.24, 2.45) is 5.92 Å². The predicted molar refractivity (Wildman–Crippen MR) is 103 cm³/mol. The number of anilines is 1. The number of Topliss-reactive ketones (excluding diaryl/α,β-unsaturated/α-hetero) is 2. The van der Waals surface area contributed by atoms with Gasteiger partial charge >= 0.3 is 16.5 Å². The number of aromatic nitrogens is 1. The van der Waals surface area contributed by atoms with E-state index in [9.17, 15) is 27.6 Å². The first-order chi connectivity index (χ1) is 13.5. The summed E-state index contributed by atoms with van der Waals surface area (Å²) in [5.74, 6) is -3.80. The largest absolute Gasteiger partial charge is 0.444 e. The molecule has 2 N–H and O–H groups in total. The quantitative estimate of drug-likeness (QED) is 0.262. The fourth-order valence-corrected chi connectivity index (χ4v) is 3.74. The normalized spacial score (nSPS) is 18.5. The first-order valence-corrected chi connectivity index (χ1v) is 10.8. The van der Waals surface area contributed by atoms with Gasteiger partial charge in [-0.15, -0.1) is 15.6 Å². The molecule has 0 bridgehead atoms. The Morgan fingerprint density at radius 2 is 1.93 bits per heavy atom. The Labute approximate surface area is 176 Å². The predicted octanol–water partition coefficient (Wildman–Crippen LogP) is 1.60. The number of nitrogens with zero attached hydrogens (tertiary/aromatic N) is 2. The van der Waals surface area contributed by atoms with Crippen molar-refractivity contribution in [3.05, 3.63) is 11.1 Å². The molecule has 0 saturated carbocycles. The summed E-state index contributed by atoms with van der Waals surface area (Å²) >= 11 is 0.910. The maximum Gasteiger partial charge on any atom is 0.418 e. The number of carbonyl (C=O) groups is 4. The summed E-state index contributed by atoms with van der Waals surface area (Å²) in [6, 6.07) is 0. The number of hydroxylamine groups is 2. The van der Waals surface area contributed by atoms with Gasteiger partial charge in [0.1, 0.15) is 11.3 Å². The Balaban J connectivity index is 2.01. The summed E-state index contributed by atoms with van der Waals surface area (Å²) in [7, 11) is -4.92. The summed E-state index contributed by atoms with van der Waals surface area (Å²) in [4.78, 5) is 52.3. The molecule has 0 aromatic carbocycles. The number of hydrogen-bond donors (Lipinski definition) is 2. The van der Waals surface area contributed by atoms with Crippen LogP contribution in [0.1, 0.15) is 51.5 Å². The highest BCUT2D eigenvalue weighted by Gasteiger charge is 2.57. The van der Waals surface area contributed by atoms with Gasteiger partial charge in [0.2, 0.25) is 11.6 Å². The molecule has 1 saturated heterocycles. The van der Waals surface area contributed by atoms with Crippen LogP contribution in [0.25, 0.3) is 0 Å². The zero-order valence-electron chi connectivity index (χ0n) is 16.8. The Morgan fingerprint density at radius 3 is 2.43 bits per heavy atom. The Morgan fingerprint density at radius 1 is 1.33 bits per heavy atom. The molecule has 1 atom stereocenters. The molecule has 1 aliphatic rings. The van der Waals surface area contributed by atoms with E-state index in [0.29, 0.717) is 5.06 Å². The van der Waals surface area contributed by atoms with E-state index in [4.69, 9.17) is 9.29 Å². The van der Waals surface area contributed by atoms with Crippen molar-refractivity contribution in [2.45, 2.75) is 52.2 Å². The molecular formula is C16H21N3O9S2. The molecular weight excluding hydrogens is 442 g/mol. The van der Waals surface area contributed by atoms with Gasteiger partial charge in [0, 0.05) is 11.8 Å². The van der Waals surface area contributed by atoms with Gasteiger partial charge in [-0.3, -0.25) is 24.3 Å². The van der Waals surface area contributed by atoms with Crippen LogP contribution in [0.3, 0.4) is 0 Å². The van der Waals surface area contributed by atoms with Crippen molar-refractivity contribution in [2.75, 3.05) is 5.32 Å². The van der Waals surface area contributed by atoms with Crippen molar-refractivity contribution in [3.8, 4) is 0 Å². The summed E-state index contributed by atoms with van der Waals surface area (Å²) in [6.07, 6.45) is -1.29. The van der Waals surface area contributed by atoms with Gasteiger partial charge < -0.3 is 4.74 Å². The molecule has 14 heteroatoms. The molecule has 30 heavy (non-hydrogen) atoms. The van der Waals surface area contributed by atoms with E-state index in [1.54, 1.807) is 20.8 Å². The fraction of sp³-hybridized carbons (Fsp3) is 0.562. The lowest BCUT2D eigenvalue weighted by Crippen LogP contribution is -2.68. The highest BCUT2D eigenvalue weighted by Crippen LogP contribution is 2.40. The molecule has 0 spiro atoms. The van der Waals surface area contributed by atoms with E-state index >= 15 is 0 Å². The molecule has 0 unspecified atom stereocenters. The van der Waals surface area contributed by atoms with Crippen LogP contribution >= 0.6 is 11.3 Å². The zero-order valence-corrected chi connectivity index (χ0v) is 18.4. The molecule has 1 aromatic heterocycles. The molecule has 1 aliphatic heterocycles. The minimum Gasteiger partial charge on any atom is -0.444 e. The van der Waals surface area contributed by atoms with Crippen LogP contribution in [0.5, 0.6) is 0 Å². The van der Waals surface area contributed by atoms with Gasteiger partial charge in [0.15, 0.2) is 5.13 Å². The van der Waals surface area contributed by atoms with Crippen LogP contribution < -0.4 is 5.32 Å². The number of ether oxygens (including phenoxy) is 1. The second-order valence-corrected chi connectivity index (χ2v) is 9.82. The zero-order chi connectivity index (χ0) is 23.1. The Bertz CT molecular complexity index is 992. The molecule has 2 amide bonds. The standard InChI is InChI=1S/C16H21N3O9S2/c1-15(2,3)27-14(23)18-13-17-9(7-29-13)11(21)10(20)6-8-12(22)19(16(8,4)5)28-30(24,25)26/h7-8H,6H2,1-5H3,(H,17,18,23)(H,24,25,26)/t8-/m1/s1. The summed E-state index contributed by atoms with van der Waals surface area (Å²) in [6.45, 7) is 7.84. The molecule has 2 heterocycles. The van der Waals surface area contributed by atoms with E-state index in [2.05, 4.69) is 14.6 Å². The van der Waals surface area contributed by atoms with Crippen molar-refractivity contribution in [1.29, 1.82) is 0 Å². The first kappa shape index (κ1) is 23.9. The van der Waals surface area contributed by atoms with Crippen LogP contribution in [0.4, 0.5) is 9.93 Å². The van der Waals surface area contributed by atoms with Crippen molar-refractivity contribution in [1.82, 2.24) is 10.0 Å². The summed E-state index contributed by atoms with van der Waals surface area (Å²) in [5, 5.41) is 4.10. The number of nitrogens with one attached hydrogen (secondary N) is 1. The average Bonchev–Trinajstić information content (AvgIpc) is 3.01. The van der Waals surface area contributed by atoms with Crippen LogP contribution in [0, 0.1) is 5.92 Å². The molecule has 12 nitrogen and oxygen atoms in total. The van der Waals surface area contributed by atoms with Crippen molar-refractivity contribution in [3.63, 3.8) is 0 Å². The third-order valence-electron chi connectivity index (χ3n) is 4.03. The molecule has 0 radical (unpaired) electrons. The maximum atomic E-state index is 12.3. The number of carbonyl (C=O) groups excluding carboxylic acids is 4. The third kappa shape index (κ3) is 5.59. The second kappa shape index (κ2) is 8.02. The van der Waals surface area contributed by atoms with Gasteiger partial charge in [0.05, 0.1) is 11.5 Å². The molecule has 2 rings (SSSR count). The third-order valence-corrected chi connectivity index (χ3v) is 5.13. The number of hydrogen-bond acceptors (Lipinski definition) is 10. The maximum absolute atomic E-state index is 12.3. The Kier molecular flexibility index (Phi) is 6.37. The van der Waals surface area contributed by atoms with Crippen molar-refractivity contribution >= 4 is 50.4 Å². The lowest BCUT2D eigenvalue weighted by molar-refractivity contribution is -0.228. The lowest BCUT2D eigenvalue weighted by Gasteiger charge is -2.50. The van der Waals surface area contributed by atoms with Crippen LogP contribution in [-0.4, -0.2) is 57.7 Å². The van der Waals surface area contributed by atoms with Crippen LogP contribution in [-0.2, 0) is 29.0 Å². The van der Waals surface area contributed by atoms with Gasteiger partial charge in [-0.1, -0.05) is 0 Å². The summed E-state index contributed by atoms with van der Waals surface area (Å²) < 4.78 is 39.6.